The van der Waals surface area contributed by atoms with Crippen LogP contribution >= 0.6 is 7.81 Å². The van der Waals surface area contributed by atoms with Crippen molar-refractivity contribution in [3.8, 4) is 0 Å². The molecule has 12 heteroatoms. The summed E-state index contributed by atoms with van der Waals surface area (Å²) in [6.07, 6.45) is 3.62. The van der Waals surface area contributed by atoms with E-state index in [2.05, 4.69) is 4.98 Å². The number of hydrogen-bond donors (Lipinski definition) is 0. The van der Waals surface area contributed by atoms with Gasteiger partial charge in [0.15, 0.2) is 5.65 Å². The summed E-state index contributed by atoms with van der Waals surface area (Å²) in [5.74, 6) is 0. The van der Waals surface area contributed by atoms with Gasteiger partial charge in [0.05, 0.1) is 28.2 Å². The van der Waals surface area contributed by atoms with Gasteiger partial charge in [-0.05, 0) is 18.2 Å². The van der Waals surface area contributed by atoms with Crippen molar-refractivity contribution in [2.24, 2.45) is 0 Å². The second-order valence-corrected chi connectivity index (χ2v) is 7.10. The number of nitrogens with zero attached hydrogens (tertiary/aromatic N) is 4. The Hall–Kier alpha value is -2.03. The van der Waals surface area contributed by atoms with Gasteiger partial charge in [-0.15, -0.1) is 0 Å². The normalized spacial score (nSPS) is 14.1. The Morgan fingerprint density at radius 3 is 2.12 bits per heavy atom. The van der Waals surface area contributed by atoms with E-state index in [0.29, 0.717) is 0 Å². The average molecular weight is 378 g/mol. The van der Waals surface area contributed by atoms with E-state index < -0.39 is 7.81 Å². The van der Waals surface area contributed by atoms with Crippen LogP contribution in [0.15, 0.2) is 30.6 Å². The Balaban J connectivity index is 0.000000351. The first-order chi connectivity index (χ1) is 10.5. The molecule has 0 aliphatic rings. The fourth-order valence-electron chi connectivity index (χ4n) is 1.67. The molecule has 0 amide bonds. The molecule has 138 valence electrons. The van der Waals surface area contributed by atoms with Crippen molar-refractivity contribution in [2.45, 2.75) is 0 Å². The first-order valence-corrected chi connectivity index (χ1v) is 8.46. The molecule has 0 radical (unpaired) electrons. The van der Waals surface area contributed by atoms with E-state index in [0.717, 1.165) is 17.1 Å². The molecule has 0 saturated carbocycles. The summed E-state index contributed by atoms with van der Waals surface area (Å²) in [6, 6.07) is 6.64. The van der Waals surface area contributed by atoms with Crippen molar-refractivity contribution in [1.82, 2.24) is 14.6 Å². The van der Waals surface area contributed by atoms with E-state index in [-0.39, 0.29) is 0 Å². The Bertz CT molecular complexity index is 738. The van der Waals surface area contributed by atoms with Crippen LogP contribution in [0.5, 0.6) is 0 Å². The van der Waals surface area contributed by atoms with Crippen molar-refractivity contribution < 1.29 is 34.6 Å². The number of hydrogen-bond acceptors (Lipinski definition) is 2. The number of amidine groups is 1. The monoisotopic (exact) mass is 378 g/mol. The predicted octanol–water partition coefficient (Wildman–Crippen LogP) is 4.04. The molecular formula is C12H17F6N4OP. The van der Waals surface area contributed by atoms with Crippen molar-refractivity contribution in [3.05, 3.63) is 30.6 Å². The number of halogens is 6. The first kappa shape index (κ1) is 20.0. The molecule has 0 bridgehead atoms. The van der Waals surface area contributed by atoms with Crippen LogP contribution in [0.4, 0.5) is 25.2 Å². The molecule has 5 nitrogen and oxygen atoms in total. The number of fused-ring (bicyclic) bond motifs is 1. The molecule has 2 aromatic heterocycles. The SMILES string of the molecule is CN(C)C(On1ccc2cccnc21)=[N+](C)C.F[P-](F)(F)(F)(F)F. The summed E-state index contributed by atoms with van der Waals surface area (Å²) >= 11 is 0. The van der Waals surface area contributed by atoms with Crippen LogP contribution in [0.25, 0.3) is 11.0 Å². The van der Waals surface area contributed by atoms with Crippen LogP contribution in [0.1, 0.15) is 0 Å². The Morgan fingerprint density at radius 1 is 1.12 bits per heavy atom. The summed E-state index contributed by atoms with van der Waals surface area (Å²) in [6.45, 7) is 0. The van der Waals surface area contributed by atoms with Gasteiger partial charge in [-0.1, -0.05) is 0 Å². The number of pyridine rings is 1. The standard InChI is InChI=1S/C12H17N4O.F6P/c1-14(2)12(15(3)4)17-16-9-7-10-6-5-8-13-11(10)16;1-7(2,3,4,5)6/h5-9H,1-4H3;/q+1;-1. The quantitative estimate of drug-likeness (QED) is 0.247. The molecule has 0 fully saturated rings. The third-order valence-corrected chi connectivity index (χ3v) is 2.36. The minimum absolute atomic E-state index is 0.744. The van der Waals surface area contributed by atoms with Gasteiger partial charge in [-0.25, -0.2) is 14.5 Å². The Morgan fingerprint density at radius 2 is 1.67 bits per heavy atom. The van der Waals surface area contributed by atoms with Crippen LogP contribution in [0.3, 0.4) is 0 Å². The van der Waals surface area contributed by atoms with Gasteiger partial charge in [0.2, 0.25) is 0 Å². The van der Waals surface area contributed by atoms with E-state index in [1.165, 1.54) is 0 Å². The van der Waals surface area contributed by atoms with Crippen LogP contribution < -0.4 is 4.84 Å². The molecule has 0 unspecified atom stereocenters. The van der Waals surface area contributed by atoms with Crippen LogP contribution in [-0.4, -0.2) is 53.4 Å². The van der Waals surface area contributed by atoms with E-state index in [1.54, 1.807) is 10.9 Å². The maximum absolute atomic E-state index is 10.7. The zero-order valence-electron chi connectivity index (χ0n) is 13.3. The van der Waals surface area contributed by atoms with Crippen molar-refractivity contribution in [3.63, 3.8) is 0 Å². The van der Waals surface area contributed by atoms with Crippen molar-refractivity contribution in [2.75, 3.05) is 28.2 Å². The molecule has 0 aliphatic heterocycles. The molecule has 2 heterocycles. The van der Waals surface area contributed by atoms with Gasteiger partial charge in [-0.2, -0.15) is 4.73 Å². The van der Waals surface area contributed by atoms with Crippen LogP contribution in [0.2, 0.25) is 0 Å². The number of rotatable bonds is 1. The fourth-order valence-corrected chi connectivity index (χ4v) is 1.67. The summed E-state index contributed by atoms with van der Waals surface area (Å²) in [7, 11) is -2.90. The summed E-state index contributed by atoms with van der Waals surface area (Å²) < 4.78 is 62.8. The zero-order chi connectivity index (χ0) is 18.8. The minimum atomic E-state index is -10.7. The van der Waals surface area contributed by atoms with E-state index >= 15 is 0 Å². The molecule has 0 N–H and O–H groups in total. The third-order valence-electron chi connectivity index (χ3n) is 2.36. The molecule has 0 aliphatic carbocycles. The van der Waals surface area contributed by atoms with Crippen molar-refractivity contribution in [1.29, 1.82) is 0 Å². The first-order valence-electron chi connectivity index (χ1n) is 6.43. The summed E-state index contributed by atoms with van der Waals surface area (Å²) in [5, 5.41) is 1.06. The Kier molecular flexibility index (Phi) is 4.84. The van der Waals surface area contributed by atoms with Gasteiger partial charge in [0.1, 0.15) is 0 Å². The molecule has 2 aromatic rings. The van der Waals surface area contributed by atoms with Gasteiger partial charge < -0.3 is 0 Å². The fraction of sp³-hybridized carbons (Fsp3) is 0.333. The molecule has 2 rings (SSSR count). The number of aromatic nitrogens is 2. The van der Waals surface area contributed by atoms with Gasteiger partial charge in [0.25, 0.3) is 0 Å². The average Bonchev–Trinajstić information content (AvgIpc) is 2.74. The predicted molar refractivity (Wildman–Crippen MR) is 80.7 cm³/mol. The molecule has 0 atom stereocenters. The van der Waals surface area contributed by atoms with Gasteiger partial charge >= 0.3 is 39.0 Å². The second kappa shape index (κ2) is 5.80. The summed E-state index contributed by atoms with van der Waals surface area (Å²) in [5.41, 5.74) is 0.814. The third kappa shape index (κ3) is 8.00. The molecule has 0 spiro atoms. The maximum atomic E-state index is 9.87. The second-order valence-electron chi connectivity index (χ2n) is 5.18. The summed E-state index contributed by atoms with van der Waals surface area (Å²) in [4.78, 5) is 12.0. The van der Waals surface area contributed by atoms with Gasteiger partial charge in [-0.3, -0.25) is 4.84 Å². The van der Waals surface area contributed by atoms with E-state index in [9.17, 15) is 25.2 Å². The van der Waals surface area contributed by atoms with Crippen molar-refractivity contribution >= 4 is 24.9 Å². The zero-order valence-corrected chi connectivity index (χ0v) is 14.2. The van der Waals surface area contributed by atoms with E-state index in [4.69, 9.17) is 4.84 Å². The Labute approximate surface area is 133 Å². The van der Waals surface area contributed by atoms with E-state index in [1.807, 2.05) is 62.1 Å². The van der Waals surface area contributed by atoms with Crippen LogP contribution in [-0.2, 0) is 0 Å². The molecular weight excluding hydrogens is 361 g/mol. The molecule has 0 aromatic carbocycles. The van der Waals surface area contributed by atoms with Gasteiger partial charge in [0, 0.05) is 17.8 Å². The molecule has 0 saturated heterocycles. The molecule has 24 heavy (non-hydrogen) atoms. The topological polar surface area (TPSA) is 33.3 Å². The van der Waals surface area contributed by atoms with Crippen LogP contribution in [0, 0.1) is 0 Å².